The van der Waals surface area contributed by atoms with Gasteiger partial charge in [-0.1, -0.05) is 53.0 Å². The standard InChI is InChI=1S/C32H31Cl3F2N6O/c1-21(32(44,18-43-20-38-19-39-43)28-7-5-26(36)14-30(28)37)41-10-8-40(9-11-41)15-23-17-42(31-13-25(34)4-6-27(23)31)16-22-2-3-24(33)12-29(22)35/h2-7,12-14,17,19-21,44H,8-11,15-16,18H2,1H3/t21-,32-/m1/s1. The first kappa shape index (κ1) is 31.0. The zero-order chi connectivity index (χ0) is 31.0. The predicted octanol–water partition coefficient (Wildman–Crippen LogP) is 6.61. The molecule has 0 amide bonds. The summed E-state index contributed by atoms with van der Waals surface area (Å²) in [6.45, 7) is 5.89. The van der Waals surface area contributed by atoms with E-state index in [1.54, 1.807) is 6.07 Å². The summed E-state index contributed by atoms with van der Waals surface area (Å²) >= 11 is 19.0. The molecule has 0 unspecified atom stereocenters. The van der Waals surface area contributed by atoms with E-state index >= 15 is 4.39 Å². The van der Waals surface area contributed by atoms with E-state index in [1.807, 2.05) is 37.3 Å². The second kappa shape index (κ2) is 12.7. The summed E-state index contributed by atoms with van der Waals surface area (Å²) in [5.74, 6) is -1.50. The largest absolute Gasteiger partial charge is 0.381 e. The molecule has 1 saturated heterocycles. The molecule has 44 heavy (non-hydrogen) atoms. The smallest absolute Gasteiger partial charge is 0.137 e. The van der Waals surface area contributed by atoms with Crippen LogP contribution in [0, 0.1) is 11.6 Å². The van der Waals surface area contributed by atoms with Crippen molar-refractivity contribution >= 4 is 45.7 Å². The van der Waals surface area contributed by atoms with Crippen molar-refractivity contribution in [3.63, 3.8) is 0 Å². The van der Waals surface area contributed by atoms with Crippen LogP contribution in [-0.2, 0) is 25.2 Å². The van der Waals surface area contributed by atoms with E-state index in [0.717, 1.165) is 42.2 Å². The molecular formula is C32H31Cl3F2N6O. The molecule has 7 nitrogen and oxygen atoms in total. The molecule has 2 aromatic heterocycles. The Morgan fingerprint density at radius 3 is 2.36 bits per heavy atom. The van der Waals surface area contributed by atoms with Crippen molar-refractivity contribution in [2.45, 2.75) is 38.2 Å². The highest BCUT2D eigenvalue weighted by atomic mass is 35.5. The SMILES string of the molecule is C[C@@H](N1CCN(Cc2cn(Cc3ccc(Cl)cc3Cl)c3cc(Cl)ccc23)CC1)[C@](O)(Cn1cncn1)c1ccc(F)cc1F. The number of fused-ring (bicyclic) bond motifs is 1. The van der Waals surface area contributed by atoms with Gasteiger partial charge in [0, 0.05) is 83.6 Å². The van der Waals surface area contributed by atoms with Gasteiger partial charge in [-0.2, -0.15) is 5.10 Å². The highest BCUT2D eigenvalue weighted by Crippen LogP contribution is 2.34. The molecule has 12 heteroatoms. The highest BCUT2D eigenvalue weighted by molar-refractivity contribution is 6.35. The third-order valence-electron chi connectivity index (χ3n) is 8.59. The van der Waals surface area contributed by atoms with Crippen LogP contribution in [0.25, 0.3) is 10.9 Å². The maximum Gasteiger partial charge on any atom is 0.137 e. The van der Waals surface area contributed by atoms with Gasteiger partial charge in [-0.05, 0) is 48.4 Å². The van der Waals surface area contributed by atoms with E-state index in [2.05, 4.69) is 30.6 Å². The molecule has 3 heterocycles. The normalized spacial score (nSPS) is 16.8. The lowest BCUT2D eigenvalue weighted by Gasteiger charge is -2.45. The van der Waals surface area contributed by atoms with Crippen LogP contribution in [0.2, 0.25) is 15.1 Å². The van der Waals surface area contributed by atoms with Crippen molar-refractivity contribution in [1.82, 2.24) is 29.1 Å². The number of halogens is 5. The average molecular weight is 660 g/mol. The molecular weight excluding hydrogens is 629 g/mol. The summed E-state index contributed by atoms with van der Waals surface area (Å²) in [7, 11) is 0. The topological polar surface area (TPSA) is 62.4 Å². The summed E-state index contributed by atoms with van der Waals surface area (Å²) in [6.07, 6.45) is 4.98. The Morgan fingerprint density at radius 1 is 0.909 bits per heavy atom. The minimum absolute atomic E-state index is 0.0246. The van der Waals surface area contributed by atoms with Crippen molar-refractivity contribution < 1.29 is 13.9 Å². The Bertz CT molecular complexity index is 1770. The van der Waals surface area contributed by atoms with Crippen molar-refractivity contribution in [3.05, 3.63) is 117 Å². The fourth-order valence-corrected chi connectivity index (χ4v) is 6.76. The van der Waals surface area contributed by atoms with Crippen molar-refractivity contribution in [2.24, 2.45) is 0 Å². The van der Waals surface area contributed by atoms with Gasteiger partial charge < -0.3 is 9.67 Å². The molecule has 6 rings (SSSR count). The van der Waals surface area contributed by atoms with Gasteiger partial charge in [0.25, 0.3) is 0 Å². The molecule has 2 atom stereocenters. The first-order chi connectivity index (χ1) is 21.1. The molecule has 1 N–H and O–H groups in total. The quantitative estimate of drug-likeness (QED) is 0.193. The summed E-state index contributed by atoms with van der Waals surface area (Å²) in [5.41, 5.74) is 1.49. The number of hydrogen-bond acceptors (Lipinski definition) is 5. The number of benzene rings is 3. The summed E-state index contributed by atoms with van der Waals surface area (Å²) in [6, 6.07) is 14.2. The van der Waals surface area contributed by atoms with Crippen molar-refractivity contribution in [1.29, 1.82) is 0 Å². The second-order valence-electron chi connectivity index (χ2n) is 11.3. The number of hydrogen-bond donors (Lipinski definition) is 1. The summed E-state index contributed by atoms with van der Waals surface area (Å²) in [5, 5.41) is 19.1. The second-order valence-corrected chi connectivity index (χ2v) is 12.6. The Morgan fingerprint density at radius 2 is 1.66 bits per heavy atom. The van der Waals surface area contributed by atoms with Gasteiger partial charge in [0.05, 0.1) is 12.1 Å². The van der Waals surface area contributed by atoms with E-state index in [-0.39, 0.29) is 12.1 Å². The van der Waals surface area contributed by atoms with E-state index in [1.165, 1.54) is 35.0 Å². The minimum atomic E-state index is -1.68. The van der Waals surface area contributed by atoms with E-state index in [9.17, 15) is 9.50 Å². The molecule has 1 fully saturated rings. The number of aliphatic hydroxyl groups is 1. The third kappa shape index (κ3) is 6.36. The monoisotopic (exact) mass is 658 g/mol. The first-order valence-electron chi connectivity index (χ1n) is 14.3. The van der Waals surface area contributed by atoms with E-state index in [4.69, 9.17) is 34.8 Å². The van der Waals surface area contributed by atoms with Gasteiger partial charge in [-0.25, -0.2) is 18.4 Å². The molecule has 0 aliphatic carbocycles. The molecule has 1 aliphatic rings. The van der Waals surface area contributed by atoms with Crippen LogP contribution in [0.4, 0.5) is 8.78 Å². The average Bonchev–Trinajstić information content (AvgIpc) is 3.62. The van der Waals surface area contributed by atoms with Gasteiger partial charge in [0.2, 0.25) is 0 Å². The zero-order valence-electron chi connectivity index (χ0n) is 24.0. The minimum Gasteiger partial charge on any atom is -0.381 e. The molecule has 230 valence electrons. The number of rotatable bonds is 9. The summed E-state index contributed by atoms with van der Waals surface area (Å²) < 4.78 is 32.4. The molecule has 0 radical (unpaired) electrons. The van der Waals surface area contributed by atoms with Gasteiger partial charge in [-0.3, -0.25) is 9.80 Å². The van der Waals surface area contributed by atoms with Crippen LogP contribution in [0.3, 0.4) is 0 Å². The highest BCUT2D eigenvalue weighted by Gasteiger charge is 2.42. The van der Waals surface area contributed by atoms with E-state index < -0.39 is 23.3 Å². The molecule has 1 aliphatic heterocycles. The number of piperazine rings is 1. The lowest BCUT2D eigenvalue weighted by molar-refractivity contribution is -0.0743. The van der Waals surface area contributed by atoms with Gasteiger partial charge in [0.1, 0.15) is 29.9 Å². The summed E-state index contributed by atoms with van der Waals surface area (Å²) in [4.78, 5) is 8.47. The molecule has 3 aromatic carbocycles. The van der Waals surface area contributed by atoms with Crippen LogP contribution in [0.15, 0.2) is 73.4 Å². The van der Waals surface area contributed by atoms with Gasteiger partial charge in [-0.15, -0.1) is 0 Å². The maximum atomic E-state index is 15.0. The van der Waals surface area contributed by atoms with Crippen LogP contribution in [0.1, 0.15) is 23.6 Å². The van der Waals surface area contributed by atoms with Gasteiger partial charge in [0.15, 0.2) is 0 Å². The molecule has 0 spiro atoms. The fraction of sp³-hybridized carbons (Fsp3) is 0.312. The predicted molar refractivity (Wildman–Crippen MR) is 169 cm³/mol. The number of nitrogens with zero attached hydrogens (tertiary/aromatic N) is 6. The molecule has 0 saturated carbocycles. The lowest BCUT2D eigenvalue weighted by atomic mass is 9.85. The van der Waals surface area contributed by atoms with Crippen molar-refractivity contribution in [3.8, 4) is 0 Å². The fourth-order valence-electron chi connectivity index (χ4n) is 6.13. The number of aromatic nitrogens is 4. The molecule has 0 bridgehead atoms. The Balaban J connectivity index is 1.20. The zero-order valence-corrected chi connectivity index (χ0v) is 26.2. The van der Waals surface area contributed by atoms with E-state index in [0.29, 0.717) is 34.7 Å². The van der Waals surface area contributed by atoms with Crippen LogP contribution >= 0.6 is 34.8 Å². The van der Waals surface area contributed by atoms with Gasteiger partial charge >= 0.3 is 0 Å². The first-order valence-corrected chi connectivity index (χ1v) is 15.4. The third-order valence-corrected chi connectivity index (χ3v) is 9.41. The van der Waals surface area contributed by atoms with Crippen LogP contribution in [-0.4, -0.2) is 66.5 Å². The van der Waals surface area contributed by atoms with Crippen LogP contribution in [0.5, 0.6) is 0 Å². The maximum absolute atomic E-state index is 15.0. The van der Waals surface area contributed by atoms with Crippen LogP contribution < -0.4 is 0 Å². The lowest BCUT2D eigenvalue weighted by Crippen LogP contribution is -2.57. The molecule has 5 aromatic rings. The Kier molecular flexibility index (Phi) is 8.97. The van der Waals surface area contributed by atoms with Crippen molar-refractivity contribution in [2.75, 3.05) is 26.2 Å². The Hall–Kier alpha value is -3.05. The Labute approximate surface area is 269 Å².